The molecule has 110 valence electrons. The molecular formula is C14H32N2O2. The maximum Gasteiger partial charge on any atom is 0.0613 e. The third kappa shape index (κ3) is 8.03. The molecule has 1 atom stereocenters. The lowest BCUT2D eigenvalue weighted by Crippen LogP contribution is -2.43. The van der Waals surface area contributed by atoms with Gasteiger partial charge in [0, 0.05) is 45.9 Å². The molecular weight excluding hydrogens is 228 g/mol. The second-order valence-corrected chi connectivity index (χ2v) is 4.81. The summed E-state index contributed by atoms with van der Waals surface area (Å²) >= 11 is 0. The molecule has 0 aromatic carbocycles. The first-order valence-corrected chi connectivity index (χ1v) is 7.14. The zero-order chi connectivity index (χ0) is 13.8. The number of nitrogens with one attached hydrogen (secondary N) is 1. The lowest BCUT2D eigenvalue weighted by molar-refractivity contribution is 0.113. The van der Waals surface area contributed by atoms with Gasteiger partial charge in [-0.1, -0.05) is 13.8 Å². The quantitative estimate of drug-likeness (QED) is 0.579. The van der Waals surface area contributed by atoms with Gasteiger partial charge in [-0.25, -0.2) is 0 Å². The molecule has 4 nitrogen and oxygen atoms in total. The number of nitrogens with zero attached hydrogens (tertiary/aromatic N) is 1. The summed E-state index contributed by atoms with van der Waals surface area (Å²) in [5.41, 5.74) is 0. The van der Waals surface area contributed by atoms with E-state index in [-0.39, 0.29) is 0 Å². The Bertz CT molecular complexity index is 175. The minimum Gasteiger partial charge on any atom is -0.383 e. The van der Waals surface area contributed by atoms with Gasteiger partial charge in [-0.3, -0.25) is 4.90 Å². The molecule has 0 rings (SSSR count). The van der Waals surface area contributed by atoms with E-state index >= 15 is 0 Å². The Morgan fingerprint density at radius 3 is 2.22 bits per heavy atom. The molecule has 1 unspecified atom stereocenters. The van der Waals surface area contributed by atoms with E-state index < -0.39 is 0 Å². The summed E-state index contributed by atoms with van der Waals surface area (Å²) in [5, 5.41) is 3.49. The van der Waals surface area contributed by atoms with Gasteiger partial charge in [0.2, 0.25) is 0 Å². The monoisotopic (exact) mass is 260 g/mol. The summed E-state index contributed by atoms with van der Waals surface area (Å²) in [6, 6.07) is 1.08. The van der Waals surface area contributed by atoms with Crippen LogP contribution in [-0.4, -0.2) is 64.1 Å². The molecule has 0 bridgehead atoms. The summed E-state index contributed by atoms with van der Waals surface area (Å²) in [7, 11) is 3.51. The van der Waals surface area contributed by atoms with Gasteiger partial charge in [-0.05, 0) is 19.8 Å². The molecule has 0 fully saturated rings. The van der Waals surface area contributed by atoms with Crippen molar-refractivity contribution in [3.8, 4) is 0 Å². The van der Waals surface area contributed by atoms with Crippen LogP contribution in [0.25, 0.3) is 0 Å². The highest BCUT2D eigenvalue weighted by molar-refractivity contribution is 4.71. The third-order valence-corrected chi connectivity index (χ3v) is 3.35. The van der Waals surface area contributed by atoms with E-state index in [1.807, 2.05) is 0 Å². The van der Waals surface area contributed by atoms with Crippen molar-refractivity contribution in [1.82, 2.24) is 10.2 Å². The van der Waals surface area contributed by atoms with Gasteiger partial charge in [-0.15, -0.1) is 0 Å². The number of methoxy groups -OCH3 is 2. The lowest BCUT2D eigenvalue weighted by Gasteiger charge is -2.30. The van der Waals surface area contributed by atoms with Crippen molar-refractivity contribution < 1.29 is 9.47 Å². The Morgan fingerprint density at radius 2 is 1.72 bits per heavy atom. The molecule has 0 aliphatic heterocycles. The number of ether oxygens (including phenoxy) is 2. The van der Waals surface area contributed by atoms with Crippen molar-refractivity contribution in [1.29, 1.82) is 0 Å². The van der Waals surface area contributed by atoms with Crippen LogP contribution in [0.4, 0.5) is 0 Å². The summed E-state index contributed by atoms with van der Waals surface area (Å²) < 4.78 is 10.3. The van der Waals surface area contributed by atoms with E-state index in [4.69, 9.17) is 9.47 Å². The van der Waals surface area contributed by atoms with Gasteiger partial charge in [0.15, 0.2) is 0 Å². The summed E-state index contributed by atoms with van der Waals surface area (Å²) in [5.74, 6) is 0. The first kappa shape index (κ1) is 17.8. The molecule has 0 spiro atoms. The zero-order valence-electron chi connectivity index (χ0n) is 12.9. The number of hydrogen-bond acceptors (Lipinski definition) is 4. The SMILES string of the molecule is CCC(CC)N(CCNC(C)COC)CCOC. The summed E-state index contributed by atoms with van der Waals surface area (Å²) in [6.07, 6.45) is 2.40. The maximum atomic E-state index is 5.20. The predicted octanol–water partition coefficient (Wildman–Crippen LogP) is 1.75. The van der Waals surface area contributed by atoms with Crippen LogP contribution in [0.1, 0.15) is 33.6 Å². The van der Waals surface area contributed by atoms with Crippen LogP contribution in [0.2, 0.25) is 0 Å². The maximum absolute atomic E-state index is 5.20. The number of hydrogen-bond donors (Lipinski definition) is 1. The predicted molar refractivity (Wildman–Crippen MR) is 77.2 cm³/mol. The Balaban J connectivity index is 3.99. The topological polar surface area (TPSA) is 33.7 Å². The first-order valence-electron chi connectivity index (χ1n) is 7.14. The molecule has 0 aromatic heterocycles. The number of rotatable bonds is 12. The highest BCUT2D eigenvalue weighted by Gasteiger charge is 2.14. The van der Waals surface area contributed by atoms with Crippen molar-refractivity contribution >= 4 is 0 Å². The van der Waals surface area contributed by atoms with Gasteiger partial charge in [-0.2, -0.15) is 0 Å². The van der Waals surface area contributed by atoms with Crippen LogP contribution in [0.3, 0.4) is 0 Å². The Morgan fingerprint density at radius 1 is 1.06 bits per heavy atom. The first-order chi connectivity index (χ1) is 8.69. The van der Waals surface area contributed by atoms with Crippen molar-refractivity contribution in [2.45, 2.75) is 45.7 Å². The van der Waals surface area contributed by atoms with Crippen molar-refractivity contribution in [3.05, 3.63) is 0 Å². The molecule has 4 heteroatoms. The zero-order valence-corrected chi connectivity index (χ0v) is 12.9. The highest BCUT2D eigenvalue weighted by Crippen LogP contribution is 2.07. The smallest absolute Gasteiger partial charge is 0.0613 e. The van der Waals surface area contributed by atoms with Crippen LogP contribution < -0.4 is 5.32 Å². The second kappa shape index (κ2) is 11.9. The molecule has 0 saturated heterocycles. The second-order valence-electron chi connectivity index (χ2n) is 4.81. The van der Waals surface area contributed by atoms with E-state index in [9.17, 15) is 0 Å². The highest BCUT2D eigenvalue weighted by atomic mass is 16.5. The third-order valence-electron chi connectivity index (χ3n) is 3.35. The van der Waals surface area contributed by atoms with Gasteiger partial charge in [0.1, 0.15) is 0 Å². The fourth-order valence-corrected chi connectivity index (χ4v) is 2.25. The van der Waals surface area contributed by atoms with Gasteiger partial charge >= 0.3 is 0 Å². The van der Waals surface area contributed by atoms with Crippen molar-refractivity contribution in [2.24, 2.45) is 0 Å². The van der Waals surface area contributed by atoms with Gasteiger partial charge in [0.25, 0.3) is 0 Å². The van der Waals surface area contributed by atoms with Gasteiger partial charge < -0.3 is 14.8 Å². The van der Waals surface area contributed by atoms with Crippen LogP contribution in [0, 0.1) is 0 Å². The van der Waals surface area contributed by atoms with Crippen molar-refractivity contribution in [3.63, 3.8) is 0 Å². The average Bonchev–Trinajstić information content (AvgIpc) is 2.36. The Labute approximate surface area is 113 Å². The molecule has 0 radical (unpaired) electrons. The van der Waals surface area contributed by atoms with Crippen LogP contribution in [0.15, 0.2) is 0 Å². The largest absolute Gasteiger partial charge is 0.383 e. The Kier molecular flexibility index (Phi) is 11.8. The molecule has 0 saturated carbocycles. The fraction of sp³-hybridized carbons (Fsp3) is 1.00. The molecule has 0 amide bonds. The van der Waals surface area contributed by atoms with Crippen LogP contribution in [0.5, 0.6) is 0 Å². The van der Waals surface area contributed by atoms with Gasteiger partial charge in [0.05, 0.1) is 13.2 Å². The molecule has 18 heavy (non-hydrogen) atoms. The van der Waals surface area contributed by atoms with Crippen LogP contribution in [-0.2, 0) is 9.47 Å². The minimum absolute atomic E-state index is 0.418. The van der Waals surface area contributed by atoms with E-state index in [0.717, 1.165) is 32.8 Å². The van der Waals surface area contributed by atoms with E-state index in [0.29, 0.717) is 12.1 Å². The average molecular weight is 260 g/mol. The molecule has 0 aromatic rings. The van der Waals surface area contributed by atoms with E-state index in [1.54, 1.807) is 14.2 Å². The fourth-order valence-electron chi connectivity index (χ4n) is 2.25. The molecule has 1 N–H and O–H groups in total. The molecule has 0 heterocycles. The van der Waals surface area contributed by atoms with E-state index in [1.165, 1.54) is 12.8 Å². The normalized spacial score (nSPS) is 13.5. The van der Waals surface area contributed by atoms with Crippen molar-refractivity contribution in [2.75, 3.05) is 47.1 Å². The summed E-state index contributed by atoms with van der Waals surface area (Å²) in [6.45, 7) is 11.3. The van der Waals surface area contributed by atoms with E-state index in [2.05, 4.69) is 31.0 Å². The Hall–Kier alpha value is -0.160. The standard InChI is InChI=1S/C14H32N2O2/c1-6-14(7-2)16(10-11-17-4)9-8-15-13(3)12-18-5/h13-15H,6-12H2,1-5H3. The minimum atomic E-state index is 0.418. The van der Waals surface area contributed by atoms with Crippen LogP contribution >= 0.6 is 0 Å². The summed E-state index contributed by atoms with van der Waals surface area (Å²) in [4.78, 5) is 2.52. The molecule has 0 aliphatic carbocycles. The lowest BCUT2D eigenvalue weighted by atomic mass is 10.1. The molecule has 0 aliphatic rings.